The first-order valence-electron chi connectivity index (χ1n) is 5.89. The van der Waals surface area contributed by atoms with Crippen LogP contribution in [0.1, 0.15) is 12.8 Å². The molecule has 2 aromatic rings. The van der Waals surface area contributed by atoms with Crippen LogP contribution < -0.4 is 4.90 Å². The summed E-state index contributed by atoms with van der Waals surface area (Å²) in [5.74, 6) is -0.0736. The van der Waals surface area contributed by atoms with Gasteiger partial charge in [-0.1, -0.05) is 0 Å². The van der Waals surface area contributed by atoms with Crippen molar-refractivity contribution in [2.75, 3.05) is 18.0 Å². The van der Waals surface area contributed by atoms with Crippen LogP contribution in [0.2, 0.25) is 0 Å². The third-order valence-corrected chi connectivity index (χ3v) is 3.10. The van der Waals surface area contributed by atoms with Gasteiger partial charge in [0.15, 0.2) is 5.65 Å². The second-order valence-corrected chi connectivity index (χ2v) is 4.32. The van der Waals surface area contributed by atoms with E-state index in [9.17, 15) is 4.79 Å². The summed E-state index contributed by atoms with van der Waals surface area (Å²) in [5.41, 5.74) is 0.578. The Morgan fingerprint density at radius 3 is 2.83 bits per heavy atom. The van der Waals surface area contributed by atoms with E-state index in [-0.39, 0.29) is 6.54 Å². The van der Waals surface area contributed by atoms with E-state index in [1.165, 1.54) is 11.0 Å². The molecule has 0 aromatic carbocycles. The molecule has 3 heterocycles. The van der Waals surface area contributed by atoms with E-state index in [2.05, 4.69) is 20.0 Å². The largest absolute Gasteiger partial charge is 0.480 e. The Bertz CT molecular complexity index is 588. The number of nitrogens with zero attached hydrogens (tertiary/aromatic N) is 5. The van der Waals surface area contributed by atoms with Gasteiger partial charge in [-0.15, -0.1) is 0 Å². The normalized spacial score (nSPS) is 15.4. The summed E-state index contributed by atoms with van der Waals surface area (Å²) in [6.45, 7) is 1.78. The van der Waals surface area contributed by atoms with Crippen molar-refractivity contribution in [2.24, 2.45) is 0 Å². The highest BCUT2D eigenvalue weighted by Gasteiger charge is 2.19. The SMILES string of the molecule is O=C(O)Cn1ncc2c(N3CCCC3)ncnc21. The highest BCUT2D eigenvalue weighted by Crippen LogP contribution is 2.25. The summed E-state index contributed by atoms with van der Waals surface area (Å²) < 4.78 is 1.39. The molecule has 1 aliphatic heterocycles. The molecule has 7 heteroatoms. The molecule has 0 bridgehead atoms. The molecule has 1 saturated heterocycles. The molecule has 1 aliphatic rings. The summed E-state index contributed by atoms with van der Waals surface area (Å²) in [4.78, 5) is 21.3. The summed E-state index contributed by atoms with van der Waals surface area (Å²) >= 11 is 0. The van der Waals surface area contributed by atoms with E-state index < -0.39 is 5.97 Å². The van der Waals surface area contributed by atoms with Crippen LogP contribution in [0.3, 0.4) is 0 Å². The van der Waals surface area contributed by atoms with Crippen LogP contribution in [0.4, 0.5) is 5.82 Å². The highest BCUT2D eigenvalue weighted by molar-refractivity contribution is 5.87. The monoisotopic (exact) mass is 247 g/mol. The van der Waals surface area contributed by atoms with Crippen molar-refractivity contribution < 1.29 is 9.90 Å². The van der Waals surface area contributed by atoms with Gasteiger partial charge >= 0.3 is 5.97 Å². The molecule has 94 valence electrons. The molecule has 0 saturated carbocycles. The quantitative estimate of drug-likeness (QED) is 0.850. The number of carbonyl (C=O) groups is 1. The lowest BCUT2D eigenvalue weighted by molar-refractivity contribution is -0.137. The standard InChI is InChI=1S/C11H13N5O2/c17-9(18)6-16-11-8(5-14-16)10(12-7-13-11)15-3-1-2-4-15/h5,7H,1-4,6H2,(H,17,18). The predicted octanol–water partition coefficient (Wildman–Crippen LogP) is 0.511. The summed E-state index contributed by atoms with van der Waals surface area (Å²) in [6.07, 6.45) is 5.44. The number of fused-ring (bicyclic) bond motifs is 1. The maximum Gasteiger partial charge on any atom is 0.325 e. The zero-order valence-electron chi connectivity index (χ0n) is 9.78. The first-order valence-corrected chi connectivity index (χ1v) is 5.89. The van der Waals surface area contributed by atoms with E-state index in [1.54, 1.807) is 6.20 Å². The first-order chi connectivity index (χ1) is 8.75. The molecule has 1 N–H and O–H groups in total. The molecule has 7 nitrogen and oxygen atoms in total. The molecule has 0 amide bonds. The van der Waals surface area contributed by atoms with E-state index >= 15 is 0 Å². The van der Waals surface area contributed by atoms with Gasteiger partial charge in [-0.05, 0) is 12.8 Å². The predicted molar refractivity (Wildman–Crippen MR) is 64.4 cm³/mol. The zero-order valence-corrected chi connectivity index (χ0v) is 9.78. The Labute approximate surface area is 103 Å². The molecule has 1 fully saturated rings. The molecular formula is C11H13N5O2. The van der Waals surface area contributed by atoms with Gasteiger partial charge in [0.25, 0.3) is 0 Å². The number of rotatable bonds is 3. The topological polar surface area (TPSA) is 84.1 Å². The van der Waals surface area contributed by atoms with Crippen LogP contribution in [-0.4, -0.2) is 43.9 Å². The fourth-order valence-corrected chi connectivity index (χ4v) is 2.31. The lowest BCUT2D eigenvalue weighted by Gasteiger charge is -2.16. The number of carboxylic acids is 1. The molecule has 0 atom stereocenters. The summed E-state index contributed by atoms with van der Waals surface area (Å²) in [7, 11) is 0. The summed E-state index contributed by atoms with van der Waals surface area (Å²) in [6, 6.07) is 0. The van der Waals surface area contributed by atoms with E-state index in [1.807, 2.05) is 0 Å². The van der Waals surface area contributed by atoms with Gasteiger partial charge < -0.3 is 10.0 Å². The minimum Gasteiger partial charge on any atom is -0.480 e. The molecule has 0 radical (unpaired) electrons. The van der Waals surface area contributed by atoms with Crippen molar-refractivity contribution in [3.05, 3.63) is 12.5 Å². The Morgan fingerprint density at radius 1 is 1.33 bits per heavy atom. The maximum atomic E-state index is 10.7. The van der Waals surface area contributed by atoms with Gasteiger partial charge in [0.05, 0.1) is 11.6 Å². The van der Waals surface area contributed by atoms with Crippen LogP contribution in [0.15, 0.2) is 12.5 Å². The highest BCUT2D eigenvalue weighted by atomic mass is 16.4. The van der Waals surface area contributed by atoms with Crippen molar-refractivity contribution in [3.8, 4) is 0 Å². The van der Waals surface area contributed by atoms with Crippen molar-refractivity contribution in [2.45, 2.75) is 19.4 Å². The Balaban J connectivity index is 2.06. The molecule has 18 heavy (non-hydrogen) atoms. The number of anilines is 1. The van der Waals surface area contributed by atoms with Crippen LogP contribution in [0.25, 0.3) is 11.0 Å². The molecule has 3 rings (SSSR count). The molecule has 2 aromatic heterocycles. The van der Waals surface area contributed by atoms with Crippen LogP contribution in [-0.2, 0) is 11.3 Å². The van der Waals surface area contributed by atoms with Crippen LogP contribution in [0.5, 0.6) is 0 Å². The lowest BCUT2D eigenvalue weighted by Crippen LogP contribution is -2.19. The number of hydrogen-bond donors (Lipinski definition) is 1. The van der Waals surface area contributed by atoms with Crippen LogP contribution in [0, 0.1) is 0 Å². The van der Waals surface area contributed by atoms with Crippen molar-refractivity contribution in [1.29, 1.82) is 0 Å². The molecule has 0 aliphatic carbocycles. The third-order valence-electron chi connectivity index (χ3n) is 3.10. The fraction of sp³-hybridized carbons (Fsp3) is 0.455. The Hall–Kier alpha value is -2.18. The smallest absolute Gasteiger partial charge is 0.325 e. The summed E-state index contributed by atoms with van der Waals surface area (Å²) in [5, 5.41) is 13.7. The van der Waals surface area contributed by atoms with Crippen molar-refractivity contribution in [3.63, 3.8) is 0 Å². The Morgan fingerprint density at radius 2 is 2.11 bits per heavy atom. The number of aliphatic carboxylic acids is 1. The molecule has 0 unspecified atom stereocenters. The van der Waals surface area contributed by atoms with Gasteiger partial charge in [0.1, 0.15) is 18.7 Å². The first kappa shape index (κ1) is 10.9. The van der Waals surface area contributed by atoms with Crippen LogP contribution >= 0.6 is 0 Å². The number of hydrogen-bond acceptors (Lipinski definition) is 5. The van der Waals surface area contributed by atoms with Gasteiger partial charge in [-0.25, -0.2) is 14.6 Å². The lowest BCUT2D eigenvalue weighted by atomic mass is 10.3. The van der Waals surface area contributed by atoms with E-state index in [0.717, 1.165) is 37.1 Å². The minimum atomic E-state index is -0.929. The molecule has 0 spiro atoms. The fourth-order valence-electron chi connectivity index (χ4n) is 2.31. The second kappa shape index (κ2) is 4.25. The van der Waals surface area contributed by atoms with Gasteiger partial charge in [-0.2, -0.15) is 5.10 Å². The van der Waals surface area contributed by atoms with Gasteiger partial charge in [0, 0.05) is 13.1 Å². The van der Waals surface area contributed by atoms with E-state index in [0.29, 0.717) is 5.65 Å². The number of carboxylic acid groups (broad SMARTS) is 1. The minimum absolute atomic E-state index is 0.181. The van der Waals surface area contributed by atoms with Crippen molar-refractivity contribution in [1.82, 2.24) is 19.7 Å². The molecular weight excluding hydrogens is 234 g/mol. The second-order valence-electron chi connectivity index (χ2n) is 4.32. The van der Waals surface area contributed by atoms with Gasteiger partial charge in [-0.3, -0.25) is 4.79 Å². The average molecular weight is 247 g/mol. The average Bonchev–Trinajstić information content (AvgIpc) is 2.98. The third kappa shape index (κ3) is 1.77. The van der Waals surface area contributed by atoms with Crippen molar-refractivity contribution >= 4 is 22.8 Å². The van der Waals surface area contributed by atoms with Gasteiger partial charge in [0.2, 0.25) is 0 Å². The number of aromatic nitrogens is 4. The maximum absolute atomic E-state index is 10.7. The van der Waals surface area contributed by atoms with E-state index in [4.69, 9.17) is 5.11 Å². The Kier molecular flexibility index (Phi) is 2.58. The zero-order chi connectivity index (χ0) is 12.5.